The van der Waals surface area contributed by atoms with Crippen LogP contribution in [0, 0.1) is 0 Å². The minimum atomic E-state index is -0.751. The molecule has 0 saturated heterocycles. The number of fused-ring (bicyclic) bond motifs is 1. The number of anilines is 1. The molecule has 0 saturated carbocycles. The summed E-state index contributed by atoms with van der Waals surface area (Å²) >= 11 is 0. The van der Waals surface area contributed by atoms with E-state index in [1.54, 1.807) is 12.5 Å². The third kappa shape index (κ3) is 2.58. The van der Waals surface area contributed by atoms with Crippen LogP contribution < -0.4 is 5.32 Å². The first-order valence-electron chi connectivity index (χ1n) is 5.15. The van der Waals surface area contributed by atoms with Crippen LogP contribution in [0.15, 0.2) is 36.5 Å². The van der Waals surface area contributed by atoms with E-state index in [1.165, 1.54) is 0 Å². The quantitative estimate of drug-likeness (QED) is 0.880. The van der Waals surface area contributed by atoms with E-state index in [9.17, 15) is 4.21 Å². The fourth-order valence-corrected chi connectivity index (χ4v) is 1.97. The second-order valence-corrected chi connectivity index (χ2v) is 5.13. The largest absolute Gasteiger partial charge is 0.384 e. The third-order valence-corrected chi connectivity index (χ3v) is 3.13. The Morgan fingerprint density at radius 2 is 2.12 bits per heavy atom. The Kier molecular flexibility index (Phi) is 3.51. The normalized spacial score (nSPS) is 12.6. The van der Waals surface area contributed by atoms with E-state index in [0.717, 1.165) is 23.1 Å². The van der Waals surface area contributed by atoms with Gasteiger partial charge in [-0.1, -0.05) is 18.2 Å². The molecule has 1 atom stereocenters. The molecule has 4 heteroatoms. The van der Waals surface area contributed by atoms with E-state index < -0.39 is 10.8 Å². The Labute approximate surface area is 97.4 Å². The third-order valence-electron chi connectivity index (χ3n) is 2.35. The van der Waals surface area contributed by atoms with Crippen LogP contribution in [-0.2, 0) is 10.8 Å². The van der Waals surface area contributed by atoms with E-state index >= 15 is 0 Å². The molecule has 0 fully saturated rings. The van der Waals surface area contributed by atoms with Gasteiger partial charge >= 0.3 is 0 Å². The molecular formula is C12H14N2OS. The average molecular weight is 234 g/mol. The topological polar surface area (TPSA) is 42.0 Å². The maximum absolute atomic E-state index is 11.0. The number of nitrogens with zero attached hydrogens (tertiary/aromatic N) is 1. The summed E-state index contributed by atoms with van der Waals surface area (Å²) in [4.78, 5) is 4.29. The molecule has 0 bridgehead atoms. The van der Waals surface area contributed by atoms with Crippen LogP contribution in [-0.4, -0.2) is 27.7 Å². The molecule has 16 heavy (non-hydrogen) atoms. The minimum Gasteiger partial charge on any atom is -0.384 e. The van der Waals surface area contributed by atoms with Gasteiger partial charge in [0.1, 0.15) is 0 Å². The predicted octanol–water partition coefficient (Wildman–Crippen LogP) is 2.03. The number of hydrogen-bond donors (Lipinski definition) is 1. The van der Waals surface area contributed by atoms with Crippen molar-refractivity contribution in [1.29, 1.82) is 0 Å². The summed E-state index contributed by atoms with van der Waals surface area (Å²) in [6.45, 7) is 0.719. The lowest BCUT2D eigenvalue weighted by molar-refractivity contribution is 0.687. The molecule has 1 unspecified atom stereocenters. The van der Waals surface area contributed by atoms with Gasteiger partial charge in [0.25, 0.3) is 0 Å². The second-order valence-electron chi connectivity index (χ2n) is 3.58. The van der Waals surface area contributed by atoms with Crippen LogP contribution in [0.4, 0.5) is 5.69 Å². The van der Waals surface area contributed by atoms with Crippen molar-refractivity contribution in [3.8, 4) is 0 Å². The summed E-state index contributed by atoms with van der Waals surface area (Å²) in [7, 11) is -0.751. The van der Waals surface area contributed by atoms with Gasteiger partial charge in [-0.15, -0.1) is 0 Å². The molecule has 1 aromatic heterocycles. The van der Waals surface area contributed by atoms with Crippen LogP contribution >= 0.6 is 0 Å². The van der Waals surface area contributed by atoms with Gasteiger partial charge in [-0.25, -0.2) is 0 Å². The molecule has 0 amide bonds. The Bertz CT molecular complexity index is 508. The van der Waals surface area contributed by atoms with Gasteiger partial charge in [-0.2, -0.15) is 0 Å². The first-order valence-corrected chi connectivity index (χ1v) is 6.88. The van der Waals surface area contributed by atoms with Crippen LogP contribution in [0.2, 0.25) is 0 Å². The highest BCUT2D eigenvalue weighted by atomic mass is 32.2. The number of benzene rings is 1. The second kappa shape index (κ2) is 5.07. The molecule has 1 heterocycles. The first kappa shape index (κ1) is 11.1. The number of rotatable bonds is 4. The highest BCUT2D eigenvalue weighted by Gasteiger charge is 2.00. The van der Waals surface area contributed by atoms with Gasteiger partial charge in [-0.3, -0.25) is 9.19 Å². The number of aromatic nitrogens is 1. The van der Waals surface area contributed by atoms with Crippen molar-refractivity contribution in [3.05, 3.63) is 36.5 Å². The molecular weight excluding hydrogens is 220 g/mol. The number of para-hydroxylation sites is 1. The molecule has 3 nitrogen and oxygen atoms in total. The highest BCUT2D eigenvalue weighted by Crippen LogP contribution is 2.20. The lowest BCUT2D eigenvalue weighted by Crippen LogP contribution is -2.10. The summed E-state index contributed by atoms with van der Waals surface area (Å²) < 4.78 is 11.0. The Hall–Kier alpha value is -1.42. The van der Waals surface area contributed by atoms with Crippen molar-refractivity contribution in [1.82, 2.24) is 4.98 Å². The zero-order chi connectivity index (χ0) is 11.4. The van der Waals surface area contributed by atoms with Crippen molar-refractivity contribution >= 4 is 27.4 Å². The van der Waals surface area contributed by atoms with Gasteiger partial charge in [0.15, 0.2) is 0 Å². The Balaban J connectivity index is 2.20. The van der Waals surface area contributed by atoms with Crippen LogP contribution in [0.25, 0.3) is 10.9 Å². The van der Waals surface area contributed by atoms with Crippen LogP contribution in [0.5, 0.6) is 0 Å². The highest BCUT2D eigenvalue weighted by molar-refractivity contribution is 7.84. The van der Waals surface area contributed by atoms with E-state index in [4.69, 9.17) is 0 Å². The van der Waals surface area contributed by atoms with Crippen molar-refractivity contribution in [2.24, 2.45) is 0 Å². The van der Waals surface area contributed by atoms with Crippen LogP contribution in [0.1, 0.15) is 0 Å². The van der Waals surface area contributed by atoms with Crippen LogP contribution in [0.3, 0.4) is 0 Å². The van der Waals surface area contributed by atoms with Crippen molar-refractivity contribution in [2.45, 2.75) is 0 Å². The van der Waals surface area contributed by atoms with Crippen molar-refractivity contribution in [2.75, 3.05) is 23.9 Å². The monoisotopic (exact) mass is 234 g/mol. The van der Waals surface area contributed by atoms with E-state index in [2.05, 4.69) is 10.3 Å². The summed E-state index contributed by atoms with van der Waals surface area (Å²) in [6.07, 6.45) is 3.50. The zero-order valence-electron chi connectivity index (χ0n) is 9.14. The fourth-order valence-electron chi connectivity index (χ4n) is 1.58. The number of pyridine rings is 1. The van der Waals surface area contributed by atoms with Gasteiger partial charge in [0.2, 0.25) is 0 Å². The maximum Gasteiger partial charge on any atom is 0.0722 e. The molecule has 2 aromatic rings. The van der Waals surface area contributed by atoms with E-state index in [0.29, 0.717) is 5.75 Å². The molecule has 84 valence electrons. The van der Waals surface area contributed by atoms with E-state index in [-0.39, 0.29) is 0 Å². The fraction of sp³-hybridized carbons (Fsp3) is 0.250. The lowest BCUT2D eigenvalue weighted by atomic mass is 10.2. The first-order chi connectivity index (χ1) is 7.77. The molecule has 1 aromatic carbocycles. The summed E-state index contributed by atoms with van der Waals surface area (Å²) in [5.41, 5.74) is 2.03. The summed E-state index contributed by atoms with van der Waals surface area (Å²) in [5, 5.41) is 4.39. The van der Waals surface area contributed by atoms with Gasteiger partial charge < -0.3 is 5.32 Å². The van der Waals surface area contributed by atoms with Gasteiger partial charge in [0.05, 0.1) is 5.52 Å². The molecule has 0 aliphatic carbocycles. The number of hydrogen-bond acceptors (Lipinski definition) is 3. The molecule has 0 spiro atoms. The molecule has 1 N–H and O–H groups in total. The smallest absolute Gasteiger partial charge is 0.0722 e. The maximum atomic E-state index is 11.0. The molecule has 0 radical (unpaired) electrons. The van der Waals surface area contributed by atoms with Crippen molar-refractivity contribution in [3.63, 3.8) is 0 Å². The Morgan fingerprint density at radius 1 is 1.31 bits per heavy atom. The van der Waals surface area contributed by atoms with E-state index in [1.807, 2.05) is 30.3 Å². The molecule has 2 rings (SSSR count). The number of nitrogens with one attached hydrogen (secondary N) is 1. The summed E-state index contributed by atoms with van der Waals surface area (Å²) in [6, 6.07) is 9.93. The van der Waals surface area contributed by atoms with Crippen molar-refractivity contribution < 1.29 is 4.21 Å². The molecule has 0 aliphatic rings. The molecule has 0 aliphatic heterocycles. The predicted molar refractivity (Wildman–Crippen MR) is 69.2 cm³/mol. The average Bonchev–Trinajstić information content (AvgIpc) is 2.29. The SMILES string of the molecule is CS(=O)CCNc1ccnc2ccccc12. The minimum absolute atomic E-state index is 0.663. The standard InChI is InChI=1S/C12H14N2OS/c1-16(15)9-8-14-12-6-7-13-11-5-3-2-4-10(11)12/h2-7H,8-9H2,1H3,(H,13,14). The Morgan fingerprint density at radius 3 is 2.94 bits per heavy atom. The zero-order valence-corrected chi connectivity index (χ0v) is 9.96. The van der Waals surface area contributed by atoms with Gasteiger partial charge in [0, 0.05) is 46.6 Å². The lowest BCUT2D eigenvalue weighted by Gasteiger charge is -2.08. The summed E-state index contributed by atoms with van der Waals surface area (Å²) in [5.74, 6) is 0.663. The van der Waals surface area contributed by atoms with Gasteiger partial charge in [-0.05, 0) is 12.1 Å².